The lowest BCUT2D eigenvalue weighted by Crippen LogP contribution is -2.38. The fourth-order valence-electron chi connectivity index (χ4n) is 2.74. The first-order valence-electron chi connectivity index (χ1n) is 9.44. The van der Waals surface area contributed by atoms with E-state index in [9.17, 15) is 4.79 Å². The Labute approximate surface area is 165 Å². The second-order valence-electron chi connectivity index (χ2n) is 6.70. The first-order valence-corrected chi connectivity index (χ1v) is 9.44. The van der Waals surface area contributed by atoms with Gasteiger partial charge in [0.15, 0.2) is 5.82 Å². The zero-order chi connectivity index (χ0) is 19.9. The number of amides is 2. The number of aromatic nitrogens is 3. The summed E-state index contributed by atoms with van der Waals surface area (Å²) in [7, 11) is 3.75. The van der Waals surface area contributed by atoms with Gasteiger partial charge in [-0.3, -0.25) is 0 Å². The SMILES string of the molecule is CCc1ccc(NC(=O)NCc2nc(N(C)C)nc(N3CCOCC3)n2)cc1. The molecule has 0 atom stereocenters. The molecule has 1 fully saturated rings. The molecular formula is C19H27N7O2. The maximum Gasteiger partial charge on any atom is 0.319 e. The van der Waals surface area contributed by atoms with Gasteiger partial charge in [-0.05, 0) is 24.1 Å². The molecule has 9 heteroatoms. The first kappa shape index (κ1) is 19.8. The van der Waals surface area contributed by atoms with Crippen molar-refractivity contribution in [2.24, 2.45) is 0 Å². The minimum Gasteiger partial charge on any atom is -0.378 e. The maximum absolute atomic E-state index is 12.2. The predicted molar refractivity (Wildman–Crippen MR) is 109 cm³/mol. The largest absolute Gasteiger partial charge is 0.378 e. The Morgan fingerprint density at radius 3 is 2.50 bits per heavy atom. The van der Waals surface area contributed by atoms with Gasteiger partial charge in [-0.15, -0.1) is 0 Å². The fourth-order valence-corrected chi connectivity index (χ4v) is 2.74. The molecule has 0 saturated carbocycles. The molecule has 0 unspecified atom stereocenters. The molecule has 1 aliphatic rings. The third-order valence-corrected chi connectivity index (χ3v) is 4.38. The third-order valence-electron chi connectivity index (χ3n) is 4.38. The van der Waals surface area contributed by atoms with Gasteiger partial charge in [-0.2, -0.15) is 15.0 Å². The van der Waals surface area contributed by atoms with Gasteiger partial charge >= 0.3 is 6.03 Å². The fraction of sp³-hybridized carbons (Fsp3) is 0.474. The van der Waals surface area contributed by atoms with Gasteiger partial charge in [0.2, 0.25) is 11.9 Å². The second kappa shape index (κ2) is 9.32. The van der Waals surface area contributed by atoms with Crippen LogP contribution >= 0.6 is 0 Å². The van der Waals surface area contributed by atoms with Gasteiger partial charge in [0.1, 0.15) is 0 Å². The summed E-state index contributed by atoms with van der Waals surface area (Å²) in [6.45, 7) is 5.07. The van der Waals surface area contributed by atoms with Crippen molar-refractivity contribution < 1.29 is 9.53 Å². The summed E-state index contributed by atoms with van der Waals surface area (Å²) in [4.78, 5) is 29.6. The molecule has 2 heterocycles. The Morgan fingerprint density at radius 2 is 1.86 bits per heavy atom. The van der Waals surface area contributed by atoms with Crippen LogP contribution in [-0.2, 0) is 17.7 Å². The molecule has 0 spiro atoms. The number of carbonyl (C=O) groups excluding carboxylic acids is 1. The zero-order valence-corrected chi connectivity index (χ0v) is 16.6. The number of benzene rings is 1. The molecule has 0 aliphatic carbocycles. The molecule has 3 rings (SSSR count). The molecule has 1 aliphatic heterocycles. The van der Waals surface area contributed by atoms with Gasteiger partial charge in [-0.25, -0.2) is 4.79 Å². The molecule has 2 amide bonds. The smallest absolute Gasteiger partial charge is 0.319 e. The van der Waals surface area contributed by atoms with E-state index in [4.69, 9.17) is 4.74 Å². The summed E-state index contributed by atoms with van der Waals surface area (Å²) in [5.41, 5.74) is 1.97. The monoisotopic (exact) mass is 385 g/mol. The number of morpholine rings is 1. The van der Waals surface area contributed by atoms with Crippen LogP contribution in [0.2, 0.25) is 0 Å². The van der Waals surface area contributed by atoms with Crippen LogP contribution in [0.15, 0.2) is 24.3 Å². The topological polar surface area (TPSA) is 95.5 Å². The van der Waals surface area contributed by atoms with Gasteiger partial charge in [0, 0.05) is 32.9 Å². The molecule has 9 nitrogen and oxygen atoms in total. The van der Waals surface area contributed by atoms with Crippen LogP contribution in [-0.4, -0.2) is 61.4 Å². The lowest BCUT2D eigenvalue weighted by atomic mass is 10.1. The highest BCUT2D eigenvalue weighted by atomic mass is 16.5. The van der Waals surface area contributed by atoms with Crippen molar-refractivity contribution >= 4 is 23.6 Å². The minimum atomic E-state index is -0.302. The van der Waals surface area contributed by atoms with Crippen molar-refractivity contribution in [1.82, 2.24) is 20.3 Å². The average Bonchev–Trinajstić information content (AvgIpc) is 2.73. The van der Waals surface area contributed by atoms with Gasteiger partial charge in [-0.1, -0.05) is 19.1 Å². The summed E-state index contributed by atoms with van der Waals surface area (Å²) in [5, 5.41) is 5.63. The predicted octanol–water partition coefficient (Wildman–Crippen LogP) is 1.66. The van der Waals surface area contributed by atoms with Crippen LogP contribution in [0.3, 0.4) is 0 Å². The number of hydrogen-bond donors (Lipinski definition) is 2. The lowest BCUT2D eigenvalue weighted by Gasteiger charge is -2.27. The quantitative estimate of drug-likeness (QED) is 0.781. The van der Waals surface area contributed by atoms with Crippen molar-refractivity contribution in [3.8, 4) is 0 Å². The maximum atomic E-state index is 12.2. The summed E-state index contributed by atoms with van der Waals surface area (Å²) in [6, 6.07) is 7.48. The van der Waals surface area contributed by atoms with Crippen LogP contribution in [0.25, 0.3) is 0 Å². The zero-order valence-electron chi connectivity index (χ0n) is 16.6. The first-order chi connectivity index (χ1) is 13.5. The summed E-state index contributed by atoms with van der Waals surface area (Å²) < 4.78 is 5.39. The van der Waals surface area contributed by atoms with E-state index in [2.05, 4.69) is 37.4 Å². The van der Waals surface area contributed by atoms with Crippen LogP contribution in [0, 0.1) is 0 Å². The van der Waals surface area contributed by atoms with Crippen LogP contribution < -0.4 is 20.4 Å². The highest BCUT2D eigenvalue weighted by Crippen LogP contribution is 2.14. The van der Waals surface area contributed by atoms with Gasteiger partial charge in [0.25, 0.3) is 0 Å². The van der Waals surface area contributed by atoms with Crippen LogP contribution in [0.1, 0.15) is 18.3 Å². The molecule has 28 heavy (non-hydrogen) atoms. The van der Waals surface area contributed by atoms with Gasteiger partial charge < -0.3 is 25.2 Å². The lowest BCUT2D eigenvalue weighted by molar-refractivity contribution is 0.122. The molecule has 1 aromatic carbocycles. The number of nitrogens with one attached hydrogen (secondary N) is 2. The Bertz CT molecular complexity index is 789. The van der Waals surface area contributed by atoms with Crippen LogP contribution in [0.4, 0.5) is 22.4 Å². The molecule has 2 aromatic rings. The Hall–Kier alpha value is -2.94. The van der Waals surface area contributed by atoms with E-state index < -0.39 is 0 Å². The molecule has 0 bridgehead atoms. The van der Waals surface area contributed by atoms with Gasteiger partial charge in [0.05, 0.1) is 19.8 Å². The number of aryl methyl sites for hydroxylation is 1. The highest BCUT2D eigenvalue weighted by molar-refractivity contribution is 5.89. The Morgan fingerprint density at radius 1 is 1.14 bits per heavy atom. The van der Waals surface area contributed by atoms with E-state index in [1.165, 1.54) is 5.56 Å². The van der Waals surface area contributed by atoms with Crippen molar-refractivity contribution in [1.29, 1.82) is 0 Å². The number of urea groups is 1. The van der Waals surface area contributed by atoms with E-state index in [0.29, 0.717) is 30.9 Å². The van der Waals surface area contributed by atoms with Crippen molar-refractivity contribution in [2.75, 3.05) is 55.5 Å². The number of rotatable bonds is 6. The van der Waals surface area contributed by atoms with Crippen molar-refractivity contribution in [2.45, 2.75) is 19.9 Å². The molecule has 1 saturated heterocycles. The normalized spacial score (nSPS) is 13.9. The van der Waals surface area contributed by atoms with E-state index in [1.54, 1.807) is 0 Å². The number of anilines is 3. The molecule has 2 N–H and O–H groups in total. The number of carbonyl (C=O) groups is 1. The second-order valence-corrected chi connectivity index (χ2v) is 6.70. The molecule has 150 valence electrons. The average molecular weight is 385 g/mol. The number of ether oxygens (including phenoxy) is 1. The summed E-state index contributed by atoms with van der Waals surface area (Å²) >= 11 is 0. The minimum absolute atomic E-state index is 0.208. The Balaban J connectivity index is 1.64. The molecular weight excluding hydrogens is 358 g/mol. The van der Waals surface area contributed by atoms with E-state index in [0.717, 1.165) is 25.2 Å². The van der Waals surface area contributed by atoms with Crippen LogP contribution in [0.5, 0.6) is 0 Å². The summed E-state index contributed by atoms with van der Waals surface area (Å²) in [5.74, 6) is 1.68. The van der Waals surface area contributed by atoms with Crippen molar-refractivity contribution in [3.05, 3.63) is 35.7 Å². The third kappa shape index (κ3) is 5.29. The molecule has 0 radical (unpaired) electrons. The van der Waals surface area contributed by atoms with Crippen molar-refractivity contribution in [3.63, 3.8) is 0 Å². The molecule has 1 aromatic heterocycles. The number of nitrogens with zero attached hydrogens (tertiary/aromatic N) is 5. The van der Waals surface area contributed by atoms with E-state index in [-0.39, 0.29) is 12.6 Å². The number of hydrogen-bond acceptors (Lipinski definition) is 7. The summed E-state index contributed by atoms with van der Waals surface area (Å²) in [6.07, 6.45) is 0.964. The Kier molecular flexibility index (Phi) is 6.59. The standard InChI is InChI=1S/C19H27N7O2/c1-4-14-5-7-15(8-6-14)21-19(27)20-13-16-22-17(25(2)3)24-18(23-16)26-9-11-28-12-10-26/h5-8H,4,9-13H2,1-3H3,(H2,20,21,27). The van der Waals surface area contributed by atoms with E-state index in [1.807, 2.05) is 43.3 Å². The van der Waals surface area contributed by atoms with E-state index >= 15 is 0 Å². The highest BCUT2D eigenvalue weighted by Gasteiger charge is 2.17.